The number of carbonyl (C=O) groups is 2. The normalized spacial score (nSPS) is 17.6. The van der Waals surface area contributed by atoms with Crippen LogP contribution in [0, 0.1) is 0 Å². The van der Waals surface area contributed by atoms with Crippen molar-refractivity contribution in [2.45, 2.75) is 37.2 Å². The van der Waals surface area contributed by atoms with Crippen LogP contribution >= 0.6 is 0 Å². The zero-order chi connectivity index (χ0) is 18.6. The van der Waals surface area contributed by atoms with Gasteiger partial charge in [0.2, 0.25) is 11.8 Å². The summed E-state index contributed by atoms with van der Waals surface area (Å²) in [7, 11) is -3.21. The standard InChI is InChI=1S/C18H24N2O4S/c1-4-17(21)19-16-8-6-5-7-14(16)11-18(22)20-10-9-15(12-20)25(23,24)13(2)3/h4-8,13,15H,1,9-12H2,2-3H3,(H,19,21). The van der Waals surface area contributed by atoms with E-state index >= 15 is 0 Å². The van der Waals surface area contributed by atoms with Crippen molar-refractivity contribution in [2.24, 2.45) is 0 Å². The van der Waals surface area contributed by atoms with Crippen LogP contribution in [0.1, 0.15) is 25.8 Å². The fraction of sp³-hybridized carbons (Fsp3) is 0.444. The molecule has 2 rings (SSSR count). The number of rotatable bonds is 6. The van der Waals surface area contributed by atoms with Crippen LogP contribution in [0.25, 0.3) is 0 Å². The smallest absolute Gasteiger partial charge is 0.247 e. The average Bonchev–Trinajstić information content (AvgIpc) is 3.07. The molecule has 0 radical (unpaired) electrons. The van der Waals surface area contributed by atoms with Gasteiger partial charge in [-0.1, -0.05) is 24.8 Å². The maximum absolute atomic E-state index is 12.6. The topological polar surface area (TPSA) is 83.6 Å². The molecular weight excluding hydrogens is 340 g/mol. The minimum atomic E-state index is -3.21. The number of likely N-dealkylation sites (tertiary alicyclic amines) is 1. The van der Waals surface area contributed by atoms with Gasteiger partial charge in [0.05, 0.1) is 16.9 Å². The molecule has 1 unspecified atom stereocenters. The summed E-state index contributed by atoms with van der Waals surface area (Å²) in [5.41, 5.74) is 1.25. The molecule has 1 atom stereocenters. The van der Waals surface area contributed by atoms with Crippen LogP contribution in [-0.2, 0) is 25.8 Å². The van der Waals surface area contributed by atoms with Crippen LogP contribution in [0.15, 0.2) is 36.9 Å². The van der Waals surface area contributed by atoms with E-state index < -0.39 is 20.3 Å². The van der Waals surface area contributed by atoms with Gasteiger partial charge < -0.3 is 10.2 Å². The second-order valence-corrected chi connectivity index (χ2v) is 9.20. The average molecular weight is 364 g/mol. The van der Waals surface area contributed by atoms with E-state index in [9.17, 15) is 18.0 Å². The van der Waals surface area contributed by atoms with Crippen LogP contribution in [0.5, 0.6) is 0 Å². The predicted molar refractivity (Wildman–Crippen MR) is 98.0 cm³/mol. The Morgan fingerprint density at radius 3 is 2.68 bits per heavy atom. The molecule has 2 amide bonds. The SMILES string of the molecule is C=CC(=O)Nc1ccccc1CC(=O)N1CCC(S(=O)(=O)C(C)C)C1. The predicted octanol–water partition coefficient (Wildman–Crippen LogP) is 1.78. The largest absolute Gasteiger partial charge is 0.341 e. The first kappa shape index (κ1) is 19.2. The van der Waals surface area contributed by atoms with Crippen LogP contribution in [0.3, 0.4) is 0 Å². The number of carbonyl (C=O) groups excluding carboxylic acids is 2. The third-order valence-electron chi connectivity index (χ3n) is 4.42. The van der Waals surface area contributed by atoms with Crippen LogP contribution in [0.2, 0.25) is 0 Å². The summed E-state index contributed by atoms with van der Waals surface area (Å²) < 4.78 is 24.5. The van der Waals surface area contributed by atoms with Crippen LogP contribution in [0.4, 0.5) is 5.69 Å². The van der Waals surface area contributed by atoms with E-state index in [-0.39, 0.29) is 24.8 Å². The molecule has 1 aliphatic rings. The monoisotopic (exact) mass is 364 g/mol. The Hall–Kier alpha value is -2.15. The summed E-state index contributed by atoms with van der Waals surface area (Å²) in [6.07, 6.45) is 1.75. The Balaban J connectivity index is 2.07. The van der Waals surface area contributed by atoms with Crippen LogP contribution < -0.4 is 5.32 Å². The lowest BCUT2D eigenvalue weighted by molar-refractivity contribution is -0.129. The zero-order valence-electron chi connectivity index (χ0n) is 14.6. The minimum Gasteiger partial charge on any atom is -0.341 e. The lowest BCUT2D eigenvalue weighted by Crippen LogP contribution is -2.35. The molecule has 1 aromatic rings. The first-order chi connectivity index (χ1) is 11.8. The van der Waals surface area contributed by atoms with Crippen molar-refractivity contribution in [2.75, 3.05) is 18.4 Å². The molecule has 1 aromatic carbocycles. The molecule has 0 saturated carbocycles. The number of nitrogens with zero attached hydrogens (tertiary/aromatic N) is 1. The summed E-state index contributed by atoms with van der Waals surface area (Å²) in [6, 6.07) is 7.06. The highest BCUT2D eigenvalue weighted by Crippen LogP contribution is 2.23. The highest BCUT2D eigenvalue weighted by molar-refractivity contribution is 7.92. The maximum Gasteiger partial charge on any atom is 0.247 e. The van der Waals surface area contributed by atoms with Gasteiger partial charge in [0.15, 0.2) is 9.84 Å². The summed E-state index contributed by atoms with van der Waals surface area (Å²) in [5.74, 6) is -0.481. The molecule has 1 fully saturated rings. The van der Waals surface area contributed by atoms with E-state index in [0.29, 0.717) is 24.2 Å². The van der Waals surface area contributed by atoms with E-state index in [2.05, 4.69) is 11.9 Å². The molecule has 6 nitrogen and oxygen atoms in total. The highest BCUT2D eigenvalue weighted by atomic mass is 32.2. The molecule has 25 heavy (non-hydrogen) atoms. The van der Waals surface area contributed by atoms with E-state index in [1.165, 1.54) is 6.08 Å². The molecule has 7 heteroatoms. The fourth-order valence-electron chi connectivity index (χ4n) is 2.86. The van der Waals surface area contributed by atoms with Crippen molar-refractivity contribution in [3.05, 3.63) is 42.5 Å². The summed E-state index contributed by atoms with van der Waals surface area (Å²) in [5, 5.41) is 1.74. The summed E-state index contributed by atoms with van der Waals surface area (Å²) in [6.45, 7) is 7.42. The number of hydrogen-bond acceptors (Lipinski definition) is 4. The first-order valence-corrected chi connectivity index (χ1v) is 9.88. The number of para-hydroxylation sites is 1. The van der Waals surface area contributed by atoms with E-state index in [4.69, 9.17) is 0 Å². The van der Waals surface area contributed by atoms with Crippen molar-refractivity contribution in [3.8, 4) is 0 Å². The highest BCUT2D eigenvalue weighted by Gasteiger charge is 2.36. The van der Waals surface area contributed by atoms with Crippen molar-refractivity contribution in [1.29, 1.82) is 0 Å². The quantitative estimate of drug-likeness (QED) is 0.780. The maximum atomic E-state index is 12.6. The molecule has 0 bridgehead atoms. The molecule has 0 spiro atoms. The van der Waals surface area contributed by atoms with Gasteiger partial charge in [0.1, 0.15) is 0 Å². The van der Waals surface area contributed by atoms with E-state index in [1.807, 2.05) is 0 Å². The lowest BCUT2D eigenvalue weighted by atomic mass is 10.1. The number of anilines is 1. The van der Waals surface area contributed by atoms with Gasteiger partial charge in [-0.25, -0.2) is 8.42 Å². The number of nitrogens with one attached hydrogen (secondary N) is 1. The fourth-order valence-corrected chi connectivity index (χ4v) is 4.45. The molecular formula is C18H24N2O4S. The number of amides is 2. The minimum absolute atomic E-state index is 0.113. The van der Waals surface area contributed by atoms with E-state index in [0.717, 1.165) is 0 Å². The second-order valence-electron chi connectivity index (χ2n) is 6.42. The van der Waals surface area contributed by atoms with Gasteiger partial charge in [-0.3, -0.25) is 9.59 Å². The first-order valence-electron chi connectivity index (χ1n) is 8.27. The Morgan fingerprint density at radius 1 is 1.36 bits per heavy atom. The van der Waals surface area contributed by atoms with E-state index in [1.54, 1.807) is 43.0 Å². The summed E-state index contributed by atoms with van der Waals surface area (Å²) >= 11 is 0. The molecule has 1 aliphatic heterocycles. The lowest BCUT2D eigenvalue weighted by Gasteiger charge is -2.19. The third kappa shape index (κ3) is 4.48. The van der Waals surface area contributed by atoms with Gasteiger partial charge >= 0.3 is 0 Å². The second kappa shape index (κ2) is 7.82. The van der Waals surface area contributed by atoms with Crippen molar-refractivity contribution in [3.63, 3.8) is 0 Å². The molecule has 0 aromatic heterocycles. The van der Waals surface area contributed by atoms with Gasteiger partial charge in [-0.05, 0) is 38.0 Å². The number of hydrogen-bond donors (Lipinski definition) is 1. The van der Waals surface area contributed by atoms with Crippen LogP contribution in [-0.4, -0.2) is 48.7 Å². The number of benzene rings is 1. The van der Waals surface area contributed by atoms with Crippen molar-refractivity contribution < 1.29 is 18.0 Å². The van der Waals surface area contributed by atoms with Gasteiger partial charge in [0.25, 0.3) is 0 Å². The van der Waals surface area contributed by atoms with Crippen molar-refractivity contribution >= 4 is 27.3 Å². The Labute approximate surface area is 148 Å². The molecule has 0 aliphatic carbocycles. The zero-order valence-corrected chi connectivity index (χ0v) is 15.4. The van der Waals surface area contributed by atoms with Gasteiger partial charge in [-0.15, -0.1) is 0 Å². The van der Waals surface area contributed by atoms with Crippen molar-refractivity contribution in [1.82, 2.24) is 4.90 Å². The molecule has 1 N–H and O–H groups in total. The van der Waals surface area contributed by atoms with Gasteiger partial charge in [-0.2, -0.15) is 0 Å². The number of sulfone groups is 1. The third-order valence-corrected chi connectivity index (χ3v) is 7.05. The Morgan fingerprint density at radius 2 is 2.04 bits per heavy atom. The summed E-state index contributed by atoms with van der Waals surface area (Å²) in [4.78, 5) is 25.7. The molecule has 1 heterocycles. The van der Waals surface area contributed by atoms with Gasteiger partial charge in [0, 0.05) is 18.8 Å². The molecule has 136 valence electrons. The Bertz CT molecular complexity index is 771. The Kier molecular flexibility index (Phi) is 6.00. The molecule has 1 saturated heterocycles.